The average Bonchev–Trinajstić information content (AvgIpc) is 3.41. The van der Waals surface area contributed by atoms with Crippen molar-refractivity contribution in [3.05, 3.63) is 83.8 Å². The molecular formula is C29H33ClN8O. The molecule has 9 nitrogen and oxygen atoms in total. The quantitative estimate of drug-likeness (QED) is 0.263. The van der Waals surface area contributed by atoms with Gasteiger partial charge in [-0.05, 0) is 48.9 Å². The van der Waals surface area contributed by atoms with Crippen molar-refractivity contribution in [2.75, 3.05) is 22.6 Å². The van der Waals surface area contributed by atoms with E-state index in [9.17, 15) is 4.79 Å². The van der Waals surface area contributed by atoms with Gasteiger partial charge < -0.3 is 16.0 Å². The molecule has 1 saturated carbocycles. The molecule has 3 N–H and O–H groups in total. The van der Waals surface area contributed by atoms with Crippen LogP contribution in [0.1, 0.15) is 31.2 Å². The van der Waals surface area contributed by atoms with Crippen LogP contribution in [-0.2, 0) is 13.6 Å². The van der Waals surface area contributed by atoms with Crippen LogP contribution in [0.2, 0.25) is 5.02 Å². The number of urea groups is 1. The van der Waals surface area contributed by atoms with Crippen LogP contribution < -0.4 is 20.9 Å². The predicted octanol–water partition coefficient (Wildman–Crippen LogP) is 5.71. The van der Waals surface area contributed by atoms with Gasteiger partial charge in [0.25, 0.3) is 0 Å². The molecule has 2 heterocycles. The zero-order valence-corrected chi connectivity index (χ0v) is 22.9. The van der Waals surface area contributed by atoms with Gasteiger partial charge in [0.15, 0.2) is 0 Å². The molecule has 0 atom stereocenters. The van der Waals surface area contributed by atoms with Gasteiger partial charge in [-0.1, -0.05) is 54.1 Å². The number of nitrogens with zero attached hydrogens (tertiary/aromatic N) is 5. The Morgan fingerprint density at radius 1 is 1.03 bits per heavy atom. The second-order valence-corrected chi connectivity index (χ2v) is 10.2. The number of carbonyl (C=O) groups is 1. The smallest absolute Gasteiger partial charge is 0.322 e. The lowest BCUT2D eigenvalue weighted by Crippen LogP contribution is -2.48. The Hall–Kier alpha value is -4.11. The summed E-state index contributed by atoms with van der Waals surface area (Å²) in [6.07, 6.45) is 8.92. The first-order chi connectivity index (χ1) is 19.0. The lowest BCUT2D eigenvalue weighted by molar-refractivity contribution is 0.240. The fourth-order valence-electron chi connectivity index (χ4n) is 5.01. The van der Waals surface area contributed by atoms with E-state index in [1.807, 2.05) is 78.9 Å². The summed E-state index contributed by atoms with van der Waals surface area (Å²) in [6, 6.07) is 18.3. The number of hydrogen-bond donors (Lipinski definition) is 3. The van der Waals surface area contributed by atoms with Crippen molar-refractivity contribution in [1.82, 2.24) is 25.1 Å². The molecule has 0 bridgehead atoms. The van der Waals surface area contributed by atoms with Crippen LogP contribution >= 0.6 is 11.6 Å². The number of hydrogen-bond acceptors (Lipinski definition) is 6. The van der Waals surface area contributed by atoms with Gasteiger partial charge in [0.1, 0.15) is 10.8 Å². The molecule has 0 saturated heterocycles. The minimum atomic E-state index is -0.0934. The second kappa shape index (κ2) is 12.2. The Bertz CT molecular complexity index is 1380. The SMILES string of the molecule is CNc1nc(NC2CCC(N(C(=O)NCc3ccccc3)c3ccc(-c4cnn(C)c4)cc3)CC2)ncc1Cl. The summed E-state index contributed by atoms with van der Waals surface area (Å²) in [5.41, 5.74) is 4.05. The highest BCUT2D eigenvalue weighted by molar-refractivity contribution is 6.32. The number of carbonyl (C=O) groups excluding carboxylic acids is 1. The molecule has 10 heteroatoms. The largest absolute Gasteiger partial charge is 0.372 e. The highest BCUT2D eigenvalue weighted by Crippen LogP contribution is 2.31. The molecule has 2 amide bonds. The maximum Gasteiger partial charge on any atom is 0.322 e. The molecule has 2 aromatic carbocycles. The van der Waals surface area contributed by atoms with Gasteiger partial charge in [-0.25, -0.2) is 9.78 Å². The molecule has 0 radical (unpaired) electrons. The van der Waals surface area contributed by atoms with Gasteiger partial charge in [0, 0.05) is 50.2 Å². The lowest BCUT2D eigenvalue weighted by Gasteiger charge is -2.37. The number of benzene rings is 2. The van der Waals surface area contributed by atoms with E-state index in [1.165, 1.54) is 0 Å². The van der Waals surface area contributed by atoms with Crippen LogP contribution in [0, 0.1) is 0 Å². The zero-order chi connectivity index (χ0) is 27.2. The molecule has 1 fully saturated rings. The van der Waals surface area contributed by atoms with E-state index >= 15 is 0 Å². The number of nitrogens with one attached hydrogen (secondary N) is 3. The number of rotatable bonds is 8. The van der Waals surface area contributed by atoms with Crippen LogP contribution in [0.3, 0.4) is 0 Å². The summed E-state index contributed by atoms with van der Waals surface area (Å²) >= 11 is 6.13. The van der Waals surface area contributed by atoms with E-state index in [1.54, 1.807) is 17.9 Å². The third-order valence-electron chi connectivity index (χ3n) is 7.07. The van der Waals surface area contributed by atoms with E-state index in [4.69, 9.17) is 11.6 Å². The maximum absolute atomic E-state index is 13.6. The molecular weight excluding hydrogens is 512 g/mol. The molecule has 2 aromatic heterocycles. The lowest BCUT2D eigenvalue weighted by atomic mass is 9.90. The first-order valence-electron chi connectivity index (χ1n) is 13.2. The van der Waals surface area contributed by atoms with Crippen molar-refractivity contribution in [3.8, 4) is 11.1 Å². The molecule has 1 aliphatic rings. The summed E-state index contributed by atoms with van der Waals surface area (Å²) in [5, 5.41) is 14.3. The molecule has 0 aliphatic heterocycles. The van der Waals surface area contributed by atoms with Gasteiger partial charge >= 0.3 is 6.03 Å². The fraction of sp³-hybridized carbons (Fsp3) is 0.310. The summed E-state index contributed by atoms with van der Waals surface area (Å²) < 4.78 is 1.79. The zero-order valence-electron chi connectivity index (χ0n) is 22.1. The first-order valence-corrected chi connectivity index (χ1v) is 13.5. The van der Waals surface area contributed by atoms with Crippen molar-refractivity contribution in [2.24, 2.45) is 7.05 Å². The number of amides is 2. The van der Waals surface area contributed by atoms with Gasteiger partial charge in [-0.2, -0.15) is 10.1 Å². The Balaban J connectivity index is 1.30. The van der Waals surface area contributed by atoms with E-state index in [-0.39, 0.29) is 18.1 Å². The first kappa shape index (κ1) is 26.5. The minimum absolute atomic E-state index is 0.0714. The Kier molecular flexibility index (Phi) is 8.27. The van der Waals surface area contributed by atoms with Crippen LogP contribution in [0.25, 0.3) is 11.1 Å². The Morgan fingerprint density at radius 2 is 1.77 bits per heavy atom. The van der Waals surface area contributed by atoms with E-state index < -0.39 is 0 Å². The molecule has 4 aromatic rings. The highest BCUT2D eigenvalue weighted by Gasteiger charge is 2.30. The van der Waals surface area contributed by atoms with Crippen molar-refractivity contribution in [3.63, 3.8) is 0 Å². The van der Waals surface area contributed by atoms with Gasteiger partial charge in [0.05, 0.1) is 12.4 Å². The van der Waals surface area contributed by atoms with Crippen molar-refractivity contribution in [1.29, 1.82) is 0 Å². The van der Waals surface area contributed by atoms with Crippen LogP contribution in [0.15, 0.2) is 73.2 Å². The van der Waals surface area contributed by atoms with Gasteiger partial charge in [0.2, 0.25) is 5.95 Å². The van der Waals surface area contributed by atoms with Crippen molar-refractivity contribution < 1.29 is 4.79 Å². The molecule has 0 unspecified atom stereocenters. The third-order valence-corrected chi connectivity index (χ3v) is 7.34. The topological polar surface area (TPSA) is 100 Å². The molecule has 39 heavy (non-hydrogen) atoms. The number of aryl methyl sites for hydroxylation is 1. The van der Waals surface area contributed by atoms with Crippen molar-refractivity contribution in [2.45, 2.75) is 44.3 Å². The molecule has 1 aliphatic carbocycles. The number of anilines is 3. The second-order valence-electron chi connectivity index (χ2n) is 9.75. The maximum atomic E-state index is 13.6. The molecule has 0 spiro atoms. The van der Waals surface area contributed by atoms with E-state index in [0.717, 1.165) is 48.1 Å². The van der Waals surface area contributed by atoms with E-state index in [0.29, 0.717) is 23.3 Å². The Morgan fingerprint density at radius 3 is 2.44 bits per heavy atom. The van der Waals surface area contributed by atoms with Gasteiger partial charge in [-0.3, -0.25) is 9.58 Å². The van der Waals surface area contributed by atoms with Crippen LogP contribution in [0.5, 0.6) is 0 Å². The van der Waals surface area contributed by atoms with E-state index in [2.05, 4.69) is 31.0 Å². The molecule has 202 valence electrons. The number of aromatic nitrogens is 4. The van der Waals surface area contributed by atoms with Crippen LogP contribution in [-0.4, -0.2) is 44.9 Å². The van der Waals surface area contributed by atoms with Gasteiger partial charge in [-0.15, -0.1) is 0 Å². The molecule has 5 rings (SSSR count). The third kappa shape index (κ3) is 6.49. The fourth-order valence-corrected chi connectivity index (χ4v) is 5.20. The number of halogens is 1. The predicted molar refractivity (Wildman–Crippen MR) is 156 cm³/mol. The summed E-state index contributed by atoms with van der Waals surface area (Å²) in [7, 11) is 3.68. The highest BCUT2D eigenvalue weighted by atomic mass is 35.5. The standard InChI is InChI=1S/C29H33ClN8O/c1-31-27-26(30)18-32-28(36-27)35-23-10-14-25(15-11-23)38(29(39)33-16-20-6-4-3-5-7-20)24-12-8-21(9-13-24)22-17-34-37(2)19-22/h3-9,12-13,17-19,23,25H,10-11,14-16H2,1-2H3,(H,33,39)(H2,31,32,35,36). The monoisotopic (exact) mass is 544 g/mol. The Labute approximate surface area is 233 Å². The average molecular weight is 545 g/mol. The van der Waals surface area contributed by atoms with Crippen LogP contribution in [0.4, 0.5) is 22.2 Å². The summed E-state index contributed by atoms with van der Waals surface area (Å²) in [6.45, 7) is 0.475. The summed E-state index contributed by atoms with van der Waals surface area (Å²) in [4.78, 5) is 24.3. The minimum Gasteiger partial charge on any atom is -0.372 e. The normalized spacial score (nSPS) is 16.9. The van der Waals surface area contributed by atoms with Crippen molar-refractivity contribution >= 4 is 35.1 Å². The summed E-state index contributed by atoms with van der Waals surface area (Å²) in [5.74, 6) is 1.15.